The molecule has 0 saturated heterocycles. The van der Waals surface area contributed by atoms with Crippen molar-refractivity contribution in [3.05, 3.63) is 81.9 Å². The minimum absolute atomic E-state index is 0.252. The molecule has 0 fully saturated rings. The van der Waals surface area contributed by atoms with E-state index in [0.717, 1.165) is 16.8 Å². The fourth-order valence-electron chi connectivity index (χ4n) is 2.79. The average molecular weight is 384 g/mol. The monoisotopic (exact) mass is 383 g/mol. The third kappa shape index (κ3) is 4.09. The molecule has 3 aromatic rings. The number of hydrogen-bond acceptors (Lipinski definition) is 2. The SMILES string of the molecule is Cc1cccc(C)c1NC(=O)/C=C/c1c(C)nn(-c2ccc(F)cc2)c1Cl. The number of carbonyl (C=O) groups is 1. The van der Waals surface area contributed by atoms with Gasteiger partial charge in [-0.1, -0.05) is 29.8 Å². The summed E-state index contributed by atoms with van der Waals surface area (Å²) in [5, 5.41) is 7.63. The number of benzene rings is 2. The lowest BCUT2D eigenvalue weighted by atomic mass is 10.1. The summed E-state index contributed by atoms with van der Waals surface area (Å²) in [7, 11) is 0. The topological polar surface area (TPSA) is 46.9 Å². The van der Waals surface area contributed by atoms with E-state index in [1.807, 2.05) is 32.0 Å². The van der Waals surface area contributed by atoms with Gasteiger partial charge in [-0.3, -0.25) is 4.79 Å². The maximum atomic E-state index is 13.1. The molecule has 1 aromatic heterocycles. The summed E-state index contributed by atoms with van der Waals surface area (Å²) >= 11 is 6.42. The van der Waals surface area contributed by atoms with E-state index in [1.54, 1.807) is 25.1 Å². The zero-order chi connectivity index (χ0) is 19.6. The number of hydrogen-bond donors (Lipinski definition) is 1. The predicted octanol–water partition coefficient (Wildman–Crippen LogP) is 5.24. The van der Waals surface area contributed by atoms with E-state index < -0.39 is 0 Å². The summed E-state index contributed by atoms with van der Waals surface area (Å²) in [5.41, 5.74) is 4.74. The average Bonchev–Trinajstić information content (AvgIpc) is 2.91. The first kappa shape index (κ1) is 18.9. The van der Waals surface area contributed by atoms with Crippen LogP contribution in [-0.2, 0) is 4.79 Å². The van der Waals surface area contributed by atoms with Gasteiger partial charge in [0.05, 0.1) is 11.4 Å². The van der Waals surface area contributed by atoms with Gasteiger partial charge < -0.3 is 5.32 Å². The van der Waals surface area contributed by atoms with Gasteiger partial charge in [-0.05, 0) is 62.2 Å². The highest BCUT2D eigenvalue weighted by molar-refractivity contribution is 6.31. The zero-order valence-electron chi connectivity index (χ0n) is 15.3. The number of rotatable bonds is 4. The molecule has 0 radical (unpaired) electrons. The number of carbonyl (C=O) groups excluding carboxylic acids is 1. The molecule has 0 aliphatic heterocycles. The van der Waals surface area contributed by atoms with Gasteiger partial charge in [0, 0.05) is 17.3 Å². The molecule has 138 valence electrons. The van der Waals surface area contributed by atoms with Gasteiger partial charge in [0.1, 0.15) is 11.0 Å². The van der Waals surface area contributed by atoms with Crippen LogP contribution in [-0.4, -0.2) is 15.7 Å². The molecule has 1 N–H and O–H groups in total. The zero-order valence-corrected chi connectivity index (χ0v) is 16.0. The number of aryl methyl sites for hydroxylation is 3. The van der Waals surface area contributed by atoms with Gasteiger partial charge >= 0.3 is 0 Å². The molecular formula is C21H19ClFN3O. The largest absolute Gasteiger partial charge is 0.322 e. The van der Waals surface area contributed by atoms with Crippen molar-refractivity contribution in [3.63, 3.8) is 0 Å². The molecule has 2 aromatic carbocycles. The fourth-order valence-corrected chi connectivity index (χ4v) is 3.12. The van der Waals surface area contributed by atoms with Crippen molar-refractivity contribution in [3.8, 4) is 5.69 Å². The Labute approximate surface area is 162 Å². The van der Waals surface area contributed by atoms with E-state index in [1.165, 1.54) is 22.9 Å². The summed E-state index contributed by atoms with van der Waals surface area (Å²) in [6, 6.07) is 11.7. The van der Waals surface area contributed by atoms with Crippen molar-refractivity contribution in [1.82, 2.24) is 9.78 Å². The summed E-state index contributed by atoms with van der Waals surface area (Å²) in [5.74, 6) is -0.584. The van der Waals surface area contributed by atoms with E-state index in [2.05, 4.69) is 10.4 Å². The fraction of sp³-hybridized carbons (Fsp3) is 0.143. The molecule has 27 heavy (non-hydrogen) atoms. The third-order valence-corrected chi connectivity index (χ3v) is 4.61. The summed E-state index contributed by atoms with van der Waals surface area (Å²) in [6.07, 6.45) is 3.06. The standard InChI is InChI=1S/C21H19ClFN3O/c1-13-5-4-6-14(2)20(13)24-19(27)12-11-18-15(3)25-26(21(18)22)17-9-7-16(23)8-10-17/h4-12H,1-3H3,(H,24,27)/b12-11+. The Hall–Kier alpha value is -2.92. The molecular weight excluding hydrogens is 365 g/mol. The molecule has 1 heterocycles. The van der Waals surface area contributed by atoms with E-state index in [9.17, 15) is 9.18 Å². The molecule has 0 unspecified atom stereocenters. The summed E-state index contributed by atoms with van der Waals surface area (Å²) in [4.78, 5) is 12.3. The quantitative estimate of drug-likeness (QED) is 0.626. The van der Waals surface area contributed by atoms with Crippen LogP contribution in [0.25, 0.3) is 11.8 Å². The van der Waals surface area contributed by atoms with Crippen LogP contribution in [0.5, 0.6) is 0 Å². The second-order valence-electron chi connectivity index (χ2n) is 6.27. The van der Waals surface area contributed by atoms with Crippen LogP contribution in [0.2, 0.25) is 5.15 Å². The van der Waals surface area contributed by atoms with Crippen molar-refractivity contribution >= 4 is 29.3 Å². The van der Waals surface area contributed by atoms with Crippen molar-refractivity contribution < 1.29 is 9.18 Å². The van der Waals surface area contributed by atoms with Gasteiger partial charge in [-0.25, -0.2) is 9.07 Å². The van der Waals surface area contributed by atoms with Crippen molar-refractivity contribution in [2.75, 3.05) is 5.32 Å². The lowest BCUT2D eigenvalue weighted by Crippen LogP contribution is -2.10. The lowest BCUT2D eigenvalue weighted by molar-refractivity contribution is -0.111. The number of amides is 1. The van der Waals surface area contributed by atoms with Crippen LogP contribution in [0.3, 0.4) is 0 Å². The molecule has 1 amide bonds. The Morgan fingerprint density at radius 3 is 2.37 bits per heavy atom. The Balaban J connectivity index is 1.83. The number of aromatic nitrogens is 2. The van der Waals surface area contributed by atoms with Gasteiger partial charge in [0.15, 0.2) is 0 Å². The normalized spacial score (nSPS) is 11.1. The Morgan fingerprint density at radius 2 is 1.74 bits per heavy atom. The molecule has 0 aliphatic rings. The summed E-state index contributed by atoms with van der Waals surface area (Å²) in [6.45, 7) is 5.69. The number of anilines is 1. The van der Waals surface area contributed by atoms with E-state index in [4.69, 9.17) is 11.6 Å². The maximum Gasteiger partial charge on any atom is 0.248 e. The highest BCUT2D eigenvalue weighted by atomic mass is 35.5. The number of halogens is 2. The number of para-hydroxylation sites is 1. The molecule has 6 heteroatoms. The van der Waals surface area contributed by atoms with Crippen molar-refractivity contribution in [2.24, 2.45) is 0 Å². The van der Waals surface area contributed by atoms with Crippen molar-refractivity contribution in [1.29, 1.82) is 0 Å². The highest BCUT2D eigenvalue weighted by Gasteiger charge is 2.13. The molecule has 4 nitrogen and oxygen atoms in total. The lowest BCUT2D eigenvalue weighted by Gasteiger charge is -2.09. The van der Waals surface area contributed by atoms with Crippen LogP contribution in [0.1, 0.15) is 22.4 Å². The molecule has 0 saturated carbocycles. The third-order valence-electron chi connectivity index (χ3n) is 4.25. The molecule has 0 bridgehead atoms. The van der Waals surface area contributed by atoms with E-state index >= 15 is 0 Å². The Morgan fingerprint density at radius 1 is 1.11 bits per heavy atom. The van der Waals surface area contributed by atoms with Crippen LogP contribution in [0, 0.1) is 26.6 Å². The van der Waals surface area contributed by atoms with Crippen LogP contribution in [0.4, 0.5) is 10.1 Å². The van der Waals surface area contributed by atoms with Crippen molar-refractivity contribution in [2.45, 2.75) is 20.8 Å². The van der Waals surface area contributed by atoms with Crippen LogP contribution >= 0.6 is 11.6 Å². The molecule has 0 spiro atoms. The van der Waals surface area contributed by atoms with Crippen LogP contribution in [0.15, 0.2) is 48.5 Å². The Bertz CT molecular complexity index is 1000. The molecule has 3 rings (SSSR count). The smallest absolute Gasteiger partial charge is 0.248 e. The molecule has 0 aliphatic carbocycles. The maximum absolute atomic E-state index is 13.1. The van der Waals surface area contributed by atoms with Gasteiger partial charge in [0.2, 0.25) is 5.91 Å². The second kappa shape index (κ2) is 7.76. The Kier molecular flexibility index (Phi) is 5.42. The first-order valence-electron chi connectivity index (χ1n) is 8.43. The van der Waals surface area contributed by atoms with Crippen LogP contribution < -0.4 is 5.32 Å². The number of nitrogens with zero attached hydrogens (tertiary/aromatic N) is 2. The molecule has 0 atom stereocenters. The highest BCUT2D eigenvalue weighted by Crippen LogP contribution is 2.25. The van der Waals surface area contributed by atoms with Gasteiger partial charge in [-0.15, -0.1) is 0 Å². The van der Waals surface area contributed by atoms with E-state index in [0.29, 0.717) is 22.1 Å². The first-order valence-corrected chi connectivity index (χ1v) is 8.81. The number of nitrogens with one attached hydrogen (secondary N) is 1. The minimum Gasteiger partial charge on any atom is -0.322 e. The second-order valence-corrected chi connectivity index (χ2v) is 6.63. The minimum atomic E-state index is -0.331. The van der Waals surface area contributed by atoms with Gasteiger partial charge in [0.25, 0.3) is 0 Å². The first-order chi connectivity index (χ1) is 12.9. The summed E-state index contributed by atoms with van der Waals surface area (Å²) < 4.78 is 14.6. The van der Waals surface area contributed by atoms with Gasteiger partial charge in [-0.2, -0.15) is 5.10 Å². The predicted molar refractivity (Wildman–Crippen MR) is 107 cm³/mol. The van der Waals surface area contributed by atoms with E-state index in [-0.39, 0.29) is 11.7 Å².